The van der Waals surface area contributed by atoms with E-state index in [1.54, 1.807) is 0 Å². The van der Waals surface area contributed by atoms with E-state index in [0.717, 1.165) is 25.9 Å². The lowest BCUT2D eigenvalue weighted by Gasteiger charge is -2.18. The zero-order valence-corrected chi connectivity index (χ0v) is 10.3. The fraction of sp³-hybridized carbons (Fsp3) is 0.818. The van der Waals surface area contributed by atoms with Gasteiger partial charge < -0.3 is 15.8 Å². The number of carbonyl (C=O) groups is 2. The van der Waals surface area contributed by atoms with Gasteiger partial charge in [-0.2, -0.15) is 0 Å². The molecule has 1 aliphatic heterocycles. The van der Waals surface area contributed by atoms with Gasteiger partial charge in [0.25, 0.3) is 6.47 Å². The number of amides is 1. The Morgan fingerprint density at radius 2 is 1.88 bits per heavy atom. The third kappa shape index (κ3) is 8.23. The van der Waals surface area contributed by atoms with Crippen LogP contribution in [0.25, 0.3) is 0 Å². The molecule has 1 fully saturated rings. The van der Waals surface area contributed by atoms with E-state index >= 15 is 0 Å². The van der Waals surface area contributed by atoms with Gasteiger partial charge in [0.05, 0.1) is 0 Å². The Morgan fingerprint density at radius 1 is 1.38 bits per heavy atom. The molecule has 1 amide bonds. The first kappa shape index (κ1) is 14.9. The molecule has 5 nitrogen and oxygen atoms in total. The zero-order chi connectivity index (χ0) is 12.6. The summed E-state index contributed by atoms with van der Waals surface area (Å²) in [4.78, 5) is 20.1. The molecule has 0 saturated carbocycles. The zero-order valence-electron chi connectivity index (χ0n) is 10.3. The summed E-state index contributed by atoms with van der Waals surface area (Å²) in [7, 11) is 0. The first-order valence-electron chi connectivity index (χ1n) is 5.48. The molecule has 0 atom stereocenters. The highest BCUT2D eigenvalue weighted by molar-refractivity contribution is 5.76. The largest absolute Gasteiger partial charge is 0.462 e. The van der Waals surface area contributed by atoms with Crippen LogP contribution in [0, 0.1) is 5.92 Å². The number of nitrogens with one attached hydrogen (secondary N) is 1. The van der Waals surface area contributed by atoms with Crippen molar-refractivity contribution in [2.75, 3.05) is 13.1 Å². The van der Waals surface area contributed by atoms with Gasteiger partial charge in [0.1, 0.15) is 5.60 Å². The molecular weight excluding hydrogens is 208 g/mol. The van der Waals surface area contributed by atoms with Crippen molar-refractivity contribution >= 4 is 12.4 Å². The summed E-state index contributed by atoms with van der Waals surface area (Å²) in [5.74, 6) is -0.0113. The molecular formula is C11H22N2O3. The summed E-state index contributed by atoms with van der Waals surface area (Å²) in [5.41, 5.74) is 4.78. The molecule has 1 aliphatic rings. The molecule has 1 heterocycles. The molecule has 1 rings (SSSR count). The van der Waals surface area contributed by atoms with E-state index in [1.165, 1.54) is 0 Å². The van der Waals surface area contributed by atoms with Crippen molar-refractivity contribution < 1.29 is 14.3 Å². The third-order valence-electron chi connectivity index (χ3n) is 2.14. The Morgan fingerprint density at radius 3 is 2.06 bits per heavy atom. The maximum absolute atomic E-state index is 10.5. The van der Waals surface area contributed by atoms with Crippen LogP contribution in [0.15, 0.2) is 0 Å². The molecule has 0 aromatic rings. The standard InChI is InChI=1S/C6H12N2O.C5H10O2/c7-6(9)5-1-3-8-4-2-5;1-5(2,3)7-4-6/h5,8H,1-4H2,(H2,7,9);4H,1-3H3. The predicted octanol–water partition coefficient (Wildman–Crippen LogP) is 0.429. The molecule has 0 unspecified atom stereocenters. The Labute approximate surface area is 96.7 Å². The first-order chi connectivity index (χ1) is 7.37. The van der Waals surface area contributed by atoms with Gasteiger partial charge >= 0.3 is 0 Å². The van der Waals surface area contributed by atoms with Crippen molar-refractivity contribution in [1.29, 1.82) is 0 Å². The van der Waals surface area contributed by atoms with Gasteiger partial charge in [-0.15, -0.1) is 0 Å². The van der Waals surface area contributed by atoms with Crippen molar-refractivity contribution in [3.05, 3.63) is 0 Å². The van der Waals surface area contributed by atoms with Crippen molar-refractivity contribution in [2.24, 2.45) is 11.7 Å². The van der Waals surface area contributed by atoms with E-state index in [-0.39, 0.29) is 17.4 Å². The van der Waals surface area contributed by atoms with Crippen molar-refractivity contribution in [3.63, 3.8) is 0 Å². The highest BCUT2D eigenvalue weighted by atomic mass is 16.5. The molecule has 0 bridgehead atoms. The first-order valence-corrected chi connectivity index (χ1v) is 5.48. The van der Waals surface area contributed by atoms with Gasteiger partial charge in [-0.25, -0.2) is 0 Å². The molecule has 0 spiro atoms. The van der Waals surface area contributed by atoms with E-state index in [9.17, 15) is 9.59 Å². The molecule has 16 heavy (non-hydrogen) atoms. The van der Waals surface area contributed by atoms with Crippen LogP contribution in [0.5, 0.6) is 0 Å². The monoisotopic (exact) mass is 230 g/mol. The van der Waals surface area contributed by atoms with Gasteiger partial charge in [0, 0.05) is 5.92 Å². The summed E-state index contributed by atoms with van der Waals surface area (Å²) in [6.07, 6.45) is 1.82. The summed E-state index contributed by atoms with van der Waals surface area (Å²) in [6.45, 7) is 7.80. The lowest BCUT2D eigenvalue weighted by molar-refractivity contribution is -0.138. The van der Waals surface area contributed by atoms with Crippen LogP contribution in [-0.2, 0) is 14.3 Å². The van der Waals surface area contributed by atoms with Crippen LogP contribution in [0.1, 0.15) is 33.6 Å². The smallest absolute Gasteiger partial charge is 0.293 e. The molecule has 1 saturated heterocycles. The quantitative estimate of drug-likeness (QED) is 0.674. The van der Waals surface area contributed by atoms with Crippen LogP contribution >= 0.6 is 0 Å². The second-order valence-electron chi connectivity index (χ2n) is 4.75. The van der Waals surface area contributed by atoms with Gasteiger partial charge in [-0.1, -0.05) is 0 Å². The number of piperidine rings is 1. The Kier molecular flexibility index (Phi) is 6.72. The molecule has 0 aromatic heterocycles. The minimum atomic E-state index is -0.318. The number of nitrogens with two attached hydrogens (primary N) is 1. The second kappa shape index (κ2) is 7.22. The van der Waals surface area contributed by atoms with Crippen LogP contribution < -0.4 is 11.1 Å². The fourth-order valence-corrected chi connectivity index (χ4v) is 1.25. The van der Waals surface area contributed by atoms with Gasteiger partial charge in [-0.05, 0) is 46.7 Å². The molecule has 0 aliphatic carbocycles. The van der Waals surface area contributed by atoms with Gasteiger partial charge in [0.15, 0.2) is 0 Å². The summed E-state index contributed by atoms with van der Waals surface area (Å²) < 4.78 is 4.55. The fourth-order valence-electron chi connectivity index (χ4n) is 1.25. The lowest BCUT2D eigenvalue weighted by Crippen LogP contribution is -2.34. The summed E-state index contributed by atoms with van der Waals surface area (Å²) in [5, 5.41) is 3.16. The SMILES string of the molecule is CC(C)(C)OC=O.NC(=O)C1CCNCC1. The van der Waals surface area contributed by atoms with Crippen LogP contribution in [0.3, 0.4) is 0 Å². The number of hydrogen-bond acceptors (Lipinski definition) is 4. The van der Waals surface area contributed by atoms with Crippen molar-refractivity contribution in [2.45, 2.75) is 39.2 Å². The molecule has 94 valence electrons. The summed E-state index contributed by atoms with van der Waals surface area (Å²) >= 11 is 0. The number of primary amides is 1. The van der Waals surface area contributed by atoms with Crippen LogP contribution in [0.2, 0.25) is 0 Å². The second-order valence-corrected chi connectivity index (χ2v) is 4.75. The highest BCUT2D eigenvalue weighted by Crippen LogP contribution is 2.09. The predicted molar refractivity (Wildman–Crippen MR) is 61.7 cm³/mol. The number of hydrogen-bond donors (Lipinski definition) is 2. The van der Waals surface area contributed by atoms with Crippen molar-refractivity contribution in [1.82, 2.24) is 5.32 Å². The molecule has 0 aromatic carbocycles. The van der Waals surface area contributed by atoms with E-state index in [1.807, 2.05) is 20.8 Å². The average Bonchev–Trinajstić information content (AvgIpc) is 2.18. The molecule has 3 N–H and O–H groups in total. The minimum absolute atomic E-state index is 0.131. The maximum atomic E-state index is 10.5. The maximum Gasteiger partial charge on any atom is 0.293 e. The van der Waals surface area contributed by atoms with Crippen LogP contribution in [-0.4, -0.2) is 31.1 Å². The van der Waals surface area contributed by atoms with Crippen LogP contribution in [0.4, 0.5) is 0 Å². The topological polar surface area (TPSA) is 81.4 Å². The van der Waals surface area contributed by atoms with Crippen molar-refractivity contribution in [3.8, 4) is 0 Å². The van der Waals surface area contributed by atoms with Gasteiger partial charge in [-0.3, -0.25) is 9.59 Å². The Hall–Kier alpha value is -1.10. The van der Waals surface area contributed by atoms with E-state index in [4.69, 9.17) is 5.73 Å². The third-order valence-corrected chi connectivity index (χ3v) is 2.14. The molecule has 0 radical (unpaired) electrons. The average molecular weight is 230 g/mol. The highest BCUT2D eigenvalue weighted by Gasteiger charge is 2.17. The lowest BCUT2D eigenvalue weighted by atomic mass is 9.98. The number of carbonyl (C=O) groups excluding carboxylic acids is 2. The van der Waals surface area contributed by atoms with E-state index in [2.05, 4.69) is 10.1 Å². The Balaban J connectivity index is 0.000000293. The van der Waals surface area contributed by atoms with E-state index in [0.29, 0.717) is 6.47 Å². The number of rotatable bonds is 2. The number of ether oxygens (including phenoxy) is 1. The van der Waals surface area contributed by atoms with Gasteiger partial charge in [0.2, 0.25) is 5.91 Å². The summed E-state index contributed by atoms with van der Waals surface area (Å²) in [6, 6.07) is 0. The van der Waals surface area contributed by atoms with E-state index < -0.39 is 0 Å². The minimum Gasteiger partial charge on any atom is -0.462 e. The normalized spacial score (nSPS) is 16.9. The Bertz CT molecular complexity index is 218. The molecule has 5 heteroatoms.